The largest absolute Gasteiger partial charge is 0.377 e. The van der Waals surface area contributed by atoms with Crippen molar-refractivity contribution >= 4 is 0 Å². The monoisotopic (exact) mass is 211 g/mol. The highest BCUT2D eigenvalue weighted by Gasteiger charge is 2.51. The molecular weight excluding hydrogens is 186 g/mol. The van der Waals surface area contributed by atoms with E-state index in [0.717, 1.165) is 6.61 Å². The normalized spacial score (nSPS) is 35.0. The van der Waals surface area contributed by atoms with Crippen LogP contribution in [0.5, 0.6) is 0 Å². The van der Waals surface area contributed by atoms with E-state index < -0.39 is 0 Å². The van der Waals surface area contributed by atoms with E-state index in [1.54, 1.807) is 0 Å². The first-order valence-corrected chi connectivity index (χ1v) is 6.30. The van der Waals surface area contributed by atoms with Crippen LogP contribution in [0.25, 0.3) is 0 Å². The second-order valence-electron chi connectivity index (χ2n) is 6.45. The Bertz CT molecular complexity index is 237. The highest BCUT2D eigenvalue weighted by Crippen LogP contribution is 2.47. The Morgan fingerprint density at radius 2 is 2.07 bits per heavy atom. The lowest BCUT2D eigenvalue weighted by Gasteiger charge is -2.32. The summed E-state index contributed by atoms with van der Waals surface area (Å²) < 4.78 is 5.88. The van der Waals surface area contributed by atoms with Crippen molar-refractivity contribution in [3.63, 3.8) is 0 Å². The van der Waals surface area contributed by atoms with Gasteiger partial charge in [0.1, 0.15) is 0 Å². The fraction of sp³-hybridized carbons (Fsp3) is 1.00. The average Bonchev–Trinajstić information content (AvgIpc) is 2.53. The number of nitrogens with zero attached hydrogens (tertiary/aromatic N) is 1. The first kappa shape index (κ1) is 11.4. The van der Waals surface area contributed by atoms with Gasteiger partial charge in [0.2, 0.25) is 0 Å². The molecule has 0 radical (unpaired) electrons. The van der Waals surface area contributed by atoms with Crippen molar-refractivity contribution in [3.05, 3.63) is 0 Å². The fourth-order valence-corrected chi connectivity index (χ4v) is 3.44. The quantitative estimate of drug-likeness (QED) is 0.711. The summed E-state index contributed by atoms with van der Waals surface area (Å²) in [6, 6.07) is 0. The molecule has 2 aliphatic rings. The molecule has 2 nitrogen and oxygen atoms in total. The van der Waals surface area contributed by atoms with E-state index in [-0.39, 0.29) is 0 Å². The summed E-state index contributed by atoms with van der Waals surface area (Å²) in [5, 5.41) is 0. The van der Waals surface area contributed by atoms with Gasteiger partial charge in [-0.25, -0.2) is 0 Å². The van der Waals surface area contributed by atoms with Crippen molar-refractivity contribution in [1.82, 2.24) is 4.90 Å². The highest BCUT2D eigenvalue weighted by atomic mass is 16.5. The lowest BCUT2D eigenvalue weighted by atomic mass is 9.83. The highest BCUT2D eigenvalue weighted by molar-refractivity contribution is 5.06. The predicted molar refractivity (Wildman–Crippen MR) is 63.0 cm³/mol. The molecule has 0 aromatic rings. The first-order valence-electron chi connectivity index (χ1n) is 6.30. The van der Waals surface area contributed by atoms with Crippen LogP contribution >= 0.6 is 0 Å². The molecule has 0 bridgehead atoms. The summed E-state index contributed by atoms with van der Waals surface area (Å²) in [6.45, 7) is 12.5. The van der Waals surface area contributed by atoms with Crippen LogP contribution in [0.3, 0.4) is 0 Å². The number of hydrogen-bond donors (Lipinski definition) is 0. The molecule has 0 spiro atoms. The standard InChI is InChI=1S/C13H25NO/c1-11(2)15-10-13-6-5-7-14(13)9-12(3,4)8-13/h11H,5-10H2,1-4H3. The molecule has 1 atom stereocenters. The van der Waals surface area contributed by atoms with Gasteiger partial charge in [0.25, 0.3) is 0 Å². The van der Waals surface area contributed by atoms with E-state index >= 15 is 0 Å². The second-order valence-corrected chi connectivity index (χ2v) is 6.45. The summed E-state index contributed by atoms with van der Waals surface area (Å²) in [6.07, 6.45) is 4.37. The minimum atomic E-state index is 0.366. The van der Waals surface area contributed by atoms with Crippen molar-refractivity contribution in [2.45, 2.75) is 58.6 Å². The van der Waals surface area contributed by atoms with Crippen molar-refractivity contribution in [1.29, 1.82) is 0 Å². The maximum absolute atomic E-state index is 5.88. The number of rotatable bonds is 3. The summed E-state index contributed by atoms with van der Waals surface area (Å²) in [4.78, 5) is 2.68. The molecule has 2 aliphatic heterocycles. The van der Waals surface area contributed by atoms with Gasteiger partial charge in [-0.2, -0.15) is 0 Å². The molecule has 0 saturated carbocycles. The van der Waals surface area contributed by atoms with Gasteiger partial charge >= 0.3 is 0 Å². The van der Waals surface area contributed by atoms with E-state index in [4.69, 9.17) is 4.74 Å². The van der Waals surface area contributed by atoms with Crippen molar-refractivity contribution in [2.24, 2.45) is 5.41 Å². The molecule has 2 rings (SSSR count). The van der Waals surface area contributed by atoms with Crippen LogP contribution in [0.2, 0.25) is 0 Å². The molecular formula is C13H25NO. The van der Waals surface area contributed by atoms with E-state index in [1.807, 2.05) is 0 Å². The Kier molecular flexibility index (Phi) is 2.85. The molecule has 2 heteroatoms. The SMILES string of the molecule is CC(C)OCC12CCCN1CC(C)(C)C2. The molecule has 2 fully saturated rings. The molecule has 1 unspecified atom stereocenters. The first-order chi connectivity index (χ1) is 6.94. The number of ether oxygens (including phenoxy) is 1. The van der Waals surface area contributed by atoms with E-state index in [2.05, 4.69) is 32.6 Å². The summed E-state index contributed by atoms with van der Waals surface area (Å²) >= 11 is 0. The lowest BCUT2D eigenvalue weighted by Crippen LogP contribution is -2.43. The van der Waals surface area contributed by atoms with E-state index in [9.17, 15) is 0 Å². The summed E-state index contributed by atoms with van der Waals surface area (Å²) in [7, 11) is 0. The minimum Gasteiger partial charge on any atom is -0.377 e. The molecule has 2 saturated heterocycles. The minimum absolute atomic E-state index is 0.366. The molecule has 0 N–H and O–H groups in total. The molecule has 0 amide bonds. The molecule has 0 aromatic carbocycles. The Balaban J connectivity index is 2.04. The van der Waals surface area contributed by atoms with Gasteiger partial charge in [-0.3, -0.25) is 4.90 Å². The number of fused-ring (bicyclic) bond motifs is 1. The van der Waals surface area contributed by atoms with Crippen LogP contribution in [-0.2, 0) is 4.74 Å². The summed E-state index contributed by atoms with van der Waals surface area (Å²) in [5.41, 5.74) is 0.870. The second kappa shape index (κ2) is 3.74. The molecule has 15 heavy (non-hydrogen) atoms. The van der Waals surface area contributed by atoms with Gasteiger partial charge < -0.3 is 4.74 Å². The smallest absolute Gasteiger partial charge is 0.0654 e. The van der Waals surface area contributed by atoms with Crippen LogP contribution in [0.15, 0.2) is 0 Å². The Hall–Kier alpha value is -0.0800. The van der Waals surface area contributed by atoms with E-state index in [0.29, 0.717) is 17.1 Å². The summed E-state index contributed by atoms with van der Waals surface area (Å²) in [5.74, 6) is 0. The van der Waals surface area contributed by atoms with Crippen LogP contribution in [0.1, 0.15) is 47.0 Å². The Morgan fingerprint density at radius 3 is 2.73 bits per heavy atom. The van der Waals surface area contributed by atoms with Gasteiger partial charge in [0, 0.05) is 12.1 Å². The topological polar surface area (TPSA) is 12.5 Å². The Morgan fingerprint density at radius 1 is 1.33 bits per heavy atom. The van der Waals surface area contributed by atoms with Gasteiger partial charge in [-0.1, -0.05) is 13.8 Å². The van der Waals surface area contributed by atoms with E-state index in [1.165, 1.54) is 32.4 Å². The third-order valence-electron chi connectivity index (χ3n) is 3.85. The zero-order valence-corrected chi connectivity index (χ0v) is 10.7. The van der Waals surface area contributed by atoms with Gasteiger partial charge in [-0.05, 0) is 45.1 Å². The zero-order valence-electron chi connectivity index (χ0n) is 10.7. The zero-order chi connectivity index (χ0) is 11.1. The predicted octanol–water partition coefficient (Wildman–Crippen LogP) is 2.68. The number of hydrogen-bond acceptors (Lipinski definition) is 2. The van der Waals surface area contributed by atoms with Gasteiger partial charge in [-0.15, -0.1) is 0 Å². The maximum Gasteiger partial charge on any atom is 0.0654 e. The van der Waals surface area contributed by atoms with Crippen LogP contribution < -0.4 is 0 Å². The maximum atomic E-state index is 5.88. The van der Waals surface area contributed by atoms with Crippen LogP contribution in [0, 0.1) is 5.41 Å². The molecule has 88 valence electrons. The van der Waals surface area contributed by atoms with Crippen molar-refractivity contribution in [2.75, 3.05) is 19.7 Å². The lowest BCUT2D eigenvalue weighted by molar-refractivity contribution is 0.00254. The van der Waals surface area contributed by atoms with Crippen molar-refractivity contribution < 1.29 is 4.74 Å². The average molecular weight is 211 g/mol. The van der Waals surface area contributed by atoms with Crippen LogP contribution in [0.4, 0.5) is 0 Å². The molecule has 0 aromatic heterocycles. The third-order valence-corrected chi connectivity index (χ3v) is 3.85. The molecule has 0 aliphatic carbocycles. The van der Waals surface area contributed by atoms with Crippen molar-refractivity contribution in [3.8, 4) is 0 Å². The fourth-order valence-electron chi connectivity index (χ4n) is 3.44. The Labute approximate surface area is 94.0 Å². The van der Waals surface area contributed by atoms with Gasteiger partial charge in [0.05, 0.1) is 12.7 Å². The van der Waals surface area contributed by atoms with Crippen LogP contribution in [-0.4, -0.2) is 36.2 Å². The van der Waals surface area contributed by atoms with Gasteiger partial charge in [0.15, 0.2) is 0 Å². The third kappa shape index (κ3) is 2.21. The molecule has 2 heterocycles.